The van der Waals surface area contributed by atoms with Gasteiger partial charge in [-0.25, -0.2) is 15.2 Å². The number of hydrazine groups is 1. The number of hydrogen-bond donors (Lipinski definition) is 2. The summed E-state index contributed by atoms with van der Waals surface area (Å²) in [7, 11) is 0. The van der Waals surface area contributed by atoms with Gasteiger partial charge in [-0.15, -0.1) is 0 Å². The summed E-state index contributed by atoms with van der Waals surface area (Å²) in [6.45, 7) is 0.0702. The topological polar surface area (TPSA) is 80.3 Å². The highest BCUT2D eigenvalue weighted by atomic mass is 16.6. The van der Waals surface area contributed by atoms with Crippen LogP contribution in [0.4, 0.5) is 4.79 Å². The highest BCUT2D eigenvalue weighted by Crippen LogP contribution is 2.24. The van der Waals surface area contributed by atoms with Crippen LogP contribution in [0.5, 0.6) is 0 Å². The molecule has 38 heavy (non-hydrogen) atoms. The highest BCUT2D eigenvalue weighted by Gasteiger charge is 2.15. The molecule has 1 aromatic heterocycles. The lowest BCUT2D eigenvalue weighted by Gasteiger charge is -2.12. The Hall–Kier alpha value is -5.23. The van der Waals surface area contributed by atoms with Gasteiger partial charge in [-0.2, -0.15) is 0 Å². The van der Waals surface area contributed by atoms with E-state index in [4.69, 9.17) is 4.74 Å². The maximum Gasteiger partial charge on any atom is 0.426 e. The highest BCUT2D eigenvalue weighted by molar-refractivity contribution is 6.07. The maximum absolute atomic E-state index is 13.0. The lowest BCUT2D eigenvalue weighted by atomic mass is 10.0. The molecule has 2 amide bonds. The molecule has 0 spiro atoms. The number of benzene rings is 4. The number of fused-ring (bicyclic) bond motifs is 1. The Morgan fingerprint density at radius 1 is 0.711 bits per heavy atom. The number of nitrogens with one attached hydrogen (secondary N) is 2. The predicted octanol–water partition coefficient (Wildman–Crippen LogP) is 6.64. The molecular formula is C32H25N3O3. The summed E-state index contributed by atoms with van der Waals surface area (Å²) in [5.74, 6) is -0.465. The van der Waals surface area contributed by atoms with Gasteiger partial charge in [-0.3, -0.25) is 10.2 Å². The lowest BCUT2D eigenvalue weighted by Crippen LogP contribution is -2.42. The molecule has 2 N–H and O–H groups in total. The van der Waals surface area contributed by atoms with Crippen molar-refractivity contribution in [2.75, 3.05) is 0 Å². The minimum atomic E-state index is -0.756. The third kappa shape index (κ3) is 6.12. The number of amides is 2. The number of para-hydroxylation sites is 1. The first-order chi connectivity index (χ1) is 18.7. The number of hydrogen-bond acceptors (Lipinski definition) is 4. The van der Waals surface area contributed by atoms with E-state index < -0.39 is 12.0 Å². The third-order valence-corrected chi connectivity index (χ3v) is 5.93. The van der Waals surface area contributed by atoms with Crippen molar-refractivity contribution in [1.29, 1.82) is 0 Å². The molecule has 186 valence electrons. The Labute approximate surface area is 220 Å². The second-order valence-electron chi connectivity index (χ2n) is 8.58. The lowest BCUT2D eigenvalue weighted by molar-refractivity contribution is 0.0906. The molecule has 0 saturated carbocycles. The fraction of sp³-hybridized carbons (Fsp3) is 0.0312. The zero-order valence-corrected chi connectivity index (χ0v) is 20.5. The van der Waals surface area contributed by atoms with Crippen LogP contribution in [0.1, 0.15) is 27.0 Å². The summed E-state index contributed by atoms with van der Waals surface area (Å²) >= 11 is 0. The number of carbonyl (C=O) groups is 2. The maximum atomic E-state index is 13.0. The Morgan fingerprint density at radius 3 is 2.08 bits per heavy atom. The predicted molar refractivity (Wildman–Crippen MR) is 150 cm³/mol. The van der Waals surface area contributed by atoms with E-state index in [0.717, 1.165) is 22.3 Å². The molecule has 0 unspecified atom stereocenters. The Balaban J connectivity index is 1.19. The van der Waals surface area contributed by atoms with Gasteiger partial charge in [0.15, 0.2) is 0 Å². The summed E-state index contributed by atoms with van der Waals surface area (Å²) in [5, 5.41) is 0.682. The number of ether oxygens (including phenoxy) is 1. The molecular weight excluding hydrogens is 474 g/mol. The van der Waals surface area contributed by atoms with Gasteiger partial charge < -0.3 is 4.74 Å². The van der Waals surface area contributed by atoms with Gasteiger partial charge in [0.2, 0.25) is 0 Å². The molecule has 0 aliphatic heterocycles. The van der Waals surface area contributed by atoms with Crippen molar-refractivity contribution in [3.05, 3.63) is 138 Å². The molecule has 0 bridgehead atoms. The fourth-order valence-corrected chi connectivity index (χ4v) is 3.96. The SMILES string of the molecule is O=C(NNC(=O)c1cc(-c2ccccc2)nc2ccccc12)OCc1ccc(/C=C/c2ccccc2)cc1. The molecule has 1 heterocycles. The van der Waals surface area contributed by atoms with Crippen molar-refractivity contribution in [3.63, 3.8) is 0 Å². The van der Waals surface area contributed by atoms with Gasteiger partial charge in [0.1, 0.15) is 6.61 Å². The minimum absolute atomic E-state index is 0.0702. The summed E-state index contributed by atoms with van der Waals surface area (Å²) in [6, 6.07) is 36.5. The largest absolute Gasteiger partial charge is 0.443 e. The average Bonchev–Trinajstić information content (AvgIpc) is 2.98. The number of carbonyl (C=O) groups excluding carboxylic acids is 2. The molecule has 5 rings (SSSR count). The number of pyridine rings is 1. The zero-order chi connectivity index (χ0) is 26.2. The van der Waals surface area contributed by atoms with Crippen LogP contribution in [0, 0.1) is 0 Å². The van der Waals surface area contributed by atoms with Crippen LogP contribution in [0.2, 0.25) is 0 Å². The average molecular weight is 500 g/mol. The Kier molecular flexibility index (Phi) is 7.51. The van der Waals surface area contributed by atoms with E-state index in [0.29, 0.717) is 22.2 Å². The fourth-order valence-electron chi connectivity index (χ4n) is 3.96. The van der Waals surface area contributed by atoms with Crippen LogP contribution in [-0.4, -0.2) is 17.0 Å². The number of aromatic nitrogens is 1. The van der Waals surface area contributed by atoms with Crippen molar-refractivity contribution < 1.29 is 14.3 Å². The second kappa shape index (κ2) is 11.7. The van der Waals surface area contributed by atoms with Crippen LogP contribution < -0.4 is 10.9 Å². The standard InChI is InChI=1S/C32H25N3O3/c36-31(28-21-30(26-11-5-2-6-12-26)33-29-14-8-7-13-27(28)29)34-35-32(37)38-22-25-19-17-24(18-20-25)16-15-23-9-3-1-4-10-23/h1-21H,22H2,(H,34,36)(H,35,37)/b16-15+. The monoisotopic (exact) mass is 499 g/mol. The second-order valence-corrected chi connectivity index (χ2v) is 8.58. The molecule has 0 fully saturated rings. The molecule has 0 saturated heterocycles. The van der Waals surface area contributed by atoms with E-state index in [1.807, 2.05) is 121 Å². The van der Waals surface area contributed by atoms with E-state index in [1.54, 1.807) is 6.07 Å². The third-order valence-electron chi connectivity index (χ3n) is 5.93. The van der Waals surface area contributed by atoms with Crippen LogP contribution in [-0.2, 0) is 11.3 Å². The quantitative estimate of drug-likeness (QED) is 0.203. The number of rotatable bonds is 6. The van der Waals surface area contributed by atoms with E-state index in [1.165, 1.54) is 0 Å². The molecule has 0 radical (unpaired) electrons. The molecule has 5 aromatic rings. The molecule has 0 aliphatic rings. The van der Waals surface area contributed by atoms with E-state index in [-0.39, 0.29) is 6.61 Å². The van der Waals surface area contributed by atoms with Gasteiger partial charge in [-0.05, 0) is 28.8 Å². The normalized spacial score (nSPS) is 10.8. The van der Waals surface area contributed by atoms with Gasteiger partial charge in [0.25, 0.3) is 5.91 Å². The van der Waals surface area contributed by atoms with Crippen molar-refractivity contribution in [2.24, 2.45) is 0 Å². The van der Waals surface area contributed by atoms with Crippen molar-refractivity contribution in [3.8, 4) is 11.3 Å². The Morgan fingerprint density at radius 2 is 1.34 bits per heavy atom. The first-order valence-electron chi connectivity index (χ1n) is 12.2. The molecule has 6 nitrogen and oxygen atoms in total. The smallest absolute Gasteiger partial charge is 0.426 e. The van der Waals surface area contributed by atoms with Gasteiger partial charge >= 0.3 is 6.09 Å². The van der Waals surface area contributed by atoms with E-state index >= 15 is 0 Å². The van der Waals surface area contributed by atoms with Crippen molar-refractivity contribution in [1.82, 2.24) is 15.8 Å². The van der Waals surface area contributed by atoms with Crippen molar-refractivity contribution >= 4 is 35.1 Å². The Bertz CT molecular complexity index is 1580. The zero-order valence-electron chi connectivity index (χ0n) is 20.5. The van der Waals surface area contributed by atoms with E-state index in [9.17, 15) is 9.59 Å². The molecule has 4 aromatic carbocycles. The van der Waals surface area contributed by atoms with Crippen LogP contribution in [0.25, 0.3) is 34.3 Å². The van der Waals surface area contributed by atoms with Crippen LogP contribution in [0.3, 0.4) is 0 Å². The summed E-state index contributed by atoms with van der Waals surface area (Å²) in [6.07, 6.45) is 3.30. The number of nitrogens with zero attached hydrogens (tertiary/aromatic N) is 1. The summed E-state index contributed by atoms with van der Waals surface area (Å²) in [5.41, 5.74) is 10.4. The van der Waals surface area contributed by atoms with Gasteiger partial charge in [-0.1, -0.05) is 115 Å². The van der Waals surface area contributed by atoms with Crippen LogP contribution in [0.15, 0.2) is 115 Å². The van der Waals surface area contributed by atoms with Crippen LogP contribution >= 0.6 is 0 Å². The first-order valence-corrected chi connectivity index (χ1v) is 12.2. The molecule has 6 heteroatoms. The van der Waals surface area contributed by atoms with E-state index in [2.05, 4.69) is 15.8 Å². The van der Waals surface area contributed by atoms with Crippen molar-refractivity contribution in [2.45, 2.75) is 6.61 Å². The minimum Gasteiger partial charge on any atom is -0.443 e. The first kappa shape index (κ1) is 24.5. The molecule has 0 atom stereocenters. The summed E-state index contributed by atoms with van der Waals surface area (Å²) < 4.78 is 5.27. The van der Waals surface area contributed by atoms with Gasteiger partial charge in [0, 0.05) is 10.9 Å². The molecule has 0 aliphatic carbocycles. The van der Waals surface area contributed by atoms with Gasteiger partial charge in [0.05, 0.1) is 16.8 Å². The summed E-state index contributed by atoms with van der Waals surface area (Å²) in [4.78, 5) is 29.9.